The molecule has 1 aliphatic heterocycles. The summed E-state index contributed by atoms with van der Waals surface area (Å²) in [6.45, 7) is 3.15. The van der Waals surface area contributed by atoms with Gasteiger partial charge < -0.3 is 9.32 Å². The zero-order valence-corrected chi connectivity index (χ0v) is 17.7. The van der Waals surface area contributed by atoms with Crippen LogP contribution in [0.1, 0.15) is 30.6 Å². The summed E-state index contributed by atoms with van der Waals surface area (Å²) < 4.78 is 30.1. The van der Waals surface area contributed by atoms with Crippen LogP contribution in [0, 0.1) is 0 Å². The van der Waals surface area contributed by atoms with E-state index in [-0.39, 0.29) is 16.6 Å². The highest BCUT2D eigenvalue weighted by molar-refractivity contribution is 8.00. The van der Waals surface area contributed by atoms with Crippen LogP contribution in [0.3, 0.4) is 0 Å². The molecule has 152 valence electrons. The Balaban J connectivity index is 1.66. The summed E-state index contributed by atoms with van der Waals surface area (Å²) in [6, 6.07) is 14.3. The van der Waals surface area contributed by atoms with Crippen molar-refractivity contribution in [2.24, 2.45) is 0 Å². The fourth-order valence-electron chi connectivity index (χ4n) is 3.39. The van der Waals surface area contributed by atoms with Gasteiger partial charge in [0.05, 0.1) is 10.6 Å². The maximum atomic E-state index is 13.1. The minimum absolute atomic E-state index is 0.0262. The molecule has 4 rings (SSSR count). The molecule has 0 bridgehead atoms. The zero-order chi connectivity index (χ0) is 20.4. The topological polar surface area (TPSA) is 80.5 Å². The van der Waals surface area contributed by atoms with Crippen molar-refractivity contribution in [1.82, 2.24) is 9.88 Å². The highest BCUT2D eigenvalue weighted by Gasteiger charge is 2.30. The first-order valence-corrected chi connectivity index (χ1v) is 12.1. The van der Waals surface area contributed by atoms with E-state index < -0.39 is 15.1 Å². The second-order valence-electron chi connectivity index (χ2n) is 6.95. The van der Waals surface area contributed by atoms with Gasteiger partial charge in [-0.25, -0.2) is 13.4 Å². The van der Waals surface area contributed by atoms with Crippen molar-refractivity contribution < 1.29 is 17.6 Å². The second-order valence-corrected chi connectivity index (χ2v) is 10.3. The van der Waals surface area contributed by atoms with E-state index in [1.54, 1.807) is 13.0 Å². The highest BCUT2D eigenvalue weighted by Crippen LogP contribution is 2.38. The lowest BCUT2D eigenvalue weighted by atomic mass is 10.1. The molecule has 0 N–H and O–H groups in total. The number of carbonyl (C=O) groups is 1. The normalized spacial score (nSPS) is 15.7. The van der Waals surface area contributed by atoms with E-state index in [0.29, 0.717) is 16.3 Å². The average Bonchev–Trinajstić information content (AvgIpc) is 3.41. The predicted octanol–water partition coefficient (Wildman–Crippen LogP) is 4.08. The number of nitrogens with zero attached hydrogens (tertiary/aromatic N) is 2. The van der Waals surface area contributed by atoms with E-state index in [1.165, 1.54) is 23.9 Å². The van der Waals surface area contributed by atoms with Crippen molar-refractivity contribution in [3.05, 3.63) is 54.1 Å². The molecule has 0 aliphatic carbocycles. The standard InChI is InChI=1S/C21H22N2O4S2/c1-2-29(25,26)16-10-11-18-17(14-16)22-21(27-18)28-19(15-8-4-3-5-9-15)20(24)23-12-6-7-13-23/h3-5,8-11,14,19H,2,6-7,12-13H2,1H3. The largest absolute Gasteiger partial charge is 0.431 e. The molecule has 29 heavy (non-hydrogen) atoms. The molecular weight excluding hydrogens is 408 g/mol. The summed E-state index contributed by atoms with van der Waals surface area (Å²) in [5.41, 5.74) is 1.87. The van der Waals surface area contributed by atoms with Gasteiger partial charge in [-0.1, -0.05) is 37.3 Å². The summed E-state index contributed by atoms with van der Waals surface area (Å²) in [7, 11) is -3.32. The van der Waals surface area contributed by atoms with Gasteiger partial charge in [0.1, 0.15) is 10.8 Å². The Morgan fingerprint density at radius 2 is 1.90 bits per heavy atom. The summed E-state index contributed by atoms with van der Waals surface area (Å²) in [4.78, 5) is 19.7. The Labute approximate surface area is 174 Å². The number of likely N-dealkylation sites (tertiary alicyclic amines) is 1. The third-order valence-corrected chi connectivity index (χ3v) is 7.86. The van der Waals surface area contributed by atoms with Crippen LogP contribution in [0.25, 0.3) is 11.1 Å². The number of oxazole rings is 1. The molecule has 2 heterocycles. The van der Waals surface area contributed by atoms with E-state index in [0.717, 1.165) is 31.5 Å². The first-order valence-electron chi connectivity index (χ1n) is 9.61. The lowest BCUT2D eigenvalue weighted by molar-refractivity contribution is -0.129. The van der Waals surface area contributed by atoms with Crippen LogP contribution in [-0.4, -0.2) is 43.1 Å². The number of hydrogen-bond donors (Lipinski definition) is 0. The fraction of sp³-hybridized carbons (Fsp3) is 0.333. The van der Waals surface area contributed by atoms with E-state index >= 15 is 0 Å². The number of thioether (sulfide) groups is 1. The molecule has 3 aromatic rings. The molecule has 8 heteroatoms. The van der Waals surface area contributed by atoms with Gasteiger partial charge >= 0.3 is 0 Å². The van der Waals surface area contributed by atoms with Crippen molar-refractivity contribution in [2.45, 2.75) is 35.1 Å². The molecule has 1 saturated heterocycles. The van der Waals surface area contributed by atoms with Crippen molar-refractivity contribution >= 4 is 38.6 Å². The zero-order valence-electron chi connectivity index (χ0n) is 16.1. The van der Waals surface area contributed by atoms with Gasteiger partial charge in [-0.15, -0.1) is 0 Å². The van der Waals surface area contributed by atoms with Gasteiger partial charge in [0, 0.05) is 13.1 Å². The van der Waals surface area contributed by atoms with Crippen LogP contribution in [0.4, 0.5) is 0 Å². The molecule has 6 nitrogen and oxygen atoms in total. The smallest absolute Gasteiger partial charge is 0.257 e. The summed E-state index contributed by atoms with van der Waals surface area (Å²) >= 11 is 1.26. The Hall–Kier alpha value is -2.32. The van der Waals surface area contributed by atoms with Crippen LogP contribution in [0.15, 0.2) is 63.1 Å². The van der Waals surface area contributed by atoms with Crippen LogP contribution in [0.2, 0.25) is 0 Å². The second kappa shape index (κ2) is 8.20. The number of rotatable bonds is 6. The van der Waals surface area contributed by atoms with Gasteiger partial charge in [0.15, 0.2) is 15.4 Å². The van der Waals surface area contributed by atoms with Crippen LogP contribution in [0.5, 0.6) is 0 Å². The monoisotopic (exact) mass is 430 g/mol. The fourth-order valence-corrected chi connectivity index (χ4v) is 5.32. The number of hydrogen-bond acceptors (Lipinski definition) is 6. The molecule has 0 radical (unpaired) electrons. The molecular formula is C21H22N2O4S2. The molecule has 1 aromatic heterocycles. The molecule has 0 spiro atoms. The average molecular weight is 431 g/mol. The Bertz CT molecular complexity index is 1120. The third-order valence-electron chi connectivity index (χ3n) is 5.04. The van der Waals surface area contributed by atoms with Crippen molar-refractivity contribution in [3.63, 3.8) is 0 Å². The maximum absolute atomic E-state index is 13.1. The highest BCUT2D eigenvalue weighted by atomic mass is 32.2. The van der Waals surface area contributed by atoms with Gasteiger partial charge in [-0.3, -0.25) is 4.79 Å². The third kappa shape index (κ3) is 4.18. The minimum atomic E-state index is -3.32. The van der Waals surface area contributed by atoms with Gasteiger partial charge in [0.2, 0.25) is 5.91 Å². The molecule has 0 saturated carbocycles. The number of benzene rings is 2. The summed E-state index contributed by atoms with van der Waals surface area (Å²) in [5.74, 6) is 0.0773. The van der Waals surface area contributed by atoms with Crippen molar-refractivity contribution in [3.8, 4) is 0 Å². The SMILES string of the molecule is CCS(=O)(=O)c1ccc2oc(SC(C(=O)N3CCCC3)c3ccccc3)nc2c1. The van der Waals surface area contributed by atoms with Gasteiger partial charge in [-0.2, -0.15) is 0 Å². The number of amides is 1. The molecule has 1 atom stereocenters. The maximum Gasteiger partial charge on any atom is 0.257 e. The van der Waals surface area contributed by atoms with Crippen molar-refractivity contribution in [1.29, 1.82) is 0 Å². The molecule has 1 amide bonds. The van der Waals surface area contributed by atoms with Crippen molar-refractivity contribution in [2.75, 3.05) is 18.8 Å². The van der Waals surface area contributed by atoms with Gasteiger partial charge in [0.25, 0.3) is 5.22 Å². The first-order chi connectivity index (χ1) is 14.0. The lowest BCUT2D eigenvalue weighted by Gasteiger charge is -2.22. The molecule has 1 unspecified atom stereocenters. The van der Waals surface area contributed by atoms with E-state index in [1.807, 2.05) is 35.2 Å². The first kappa shape index (κ1) is 20.0. The predicted molar refractivity (Wildman–Crippen MR) is 113 cm³/mol. The summed E-state index contributed by atoms with van der Waals surface area (Å²) in [6.07, 6.45) is 2.05. The number of sulfone groups is 1. The van der Waals surface area contributed by atoms with Crippen LogP contribution in [-0.2, 0) is 14.6 Å². The Morgan fingerprint density at radius 3 is 2.59 bits per heavy atom. The number of carbonyl (C=O) groups excluding carboxylic acids is 1. The minimum Gasteiger partial charge on any atom is -0.431 e. The van der Waals surface area contributed by atoms with Crippen LogP contribution >= 0.6 is 11.8 Å². The lowest BCUT2D eigenvalue weighted by Crippen LogP contribution is -2.31. The Morgan fingerprint density at radius 1 is 1.17 bits per heavy atom. The quantitative estimate of drug-likeness (QED) is 0.548. The van der Waals surface area contributed by atoms with Gasteiger partial charge in [-0.05, 0) is 48.4 Å². The van der Waals surface area contributed by atoms with E-state index in [9.17, 15) is 13.2 Å². The van der Waals surface area contributed by atoms with E-state index in [2.05, 4.69) is 4.98 Å². The molecule has 2 aromatic carbocycles. The number of fused-ring (bicyclic) bond motifs is 1. The molecule has 1 fully saturated rings. The summed E-state index contributed by atoms with van der Waals surface area (Å²) in [5, 5.41) is -0.103. The molecule has 1 aliphatic rings. The Kier molecular flexibility index (Phi) is 5.65. The number of aromatic nitrogens is 1. The van der Waals surface area contributed by atoms with Crippen LogP contribution < -0.4 is 0 Å². The van der Waals surface area contributed by atoms with E-state index in [4.69, 9.17) is 4.42 Å².